The first-order chi connectivity index (χ1) is 7.33. The van der Waals surface area contributed by atoms with Crippen LogP contribution >= 0.6 is 0 Å². The summed E-state index contributed by atoms with van der Waals surface area (Å²) in [5, 5.41) is 0. The van der Waals surface area contributed by atoms with E-state index in [9.17, 15) is 0 Å². The molecule has 1 aromatic carbocycles. The summed E-state index contributed by atoms with van der Waals surface area (Å²) in [6.45, 7) is 1.09. The van der Waals surface area contributed by atoms with Crippen LogP contribution in [0.4, 0.5) is 5.69 Å². The Morgan fingerprint density at radius 1 is 1.40 bits per heavy atom. The first-order valence-corrected chi connectivity index (χ1v) is 5.53. The number of nitrogen functional groups attached to an aromatic ring is 1. The van der Waals surface area contributed by atoms with Crippen molar-refractivity contribution in [2.45, 2.75) is 25.8 Å². The molecule has 0 bridgehead atoms. The van der Waals surface area contributed by atoms with E-state index in [0.29, 0.717) is 0 Å². The van der Waals surface area contributed by atoms with Crippen LogP contribution in [0.15, 0.2) is 24.5 Å². The third-order valence-electron chi connectivity index (χ3n) is 3.12. The fraction of sp³-hybridized carbons (Fsp3) is 0.417. The Bertz CT molecular complexity index is 483. The molecule has 3 rings (SSSR count). The van der Waals surface area contributed by atoms with Crippen LogP contribution in [0.25, 0.3) is 11.0 Å². The van der Waals surface area contributed by atoms with Gasteiger partial charge in [0.15, 0.2) is 0 Å². The molecule has 78 valence electrons. The van der Waals surface area contributed by atoms with Gasteiger partial charge < -0.3 is 10.3 Å². The Balaban J connectivity index is 1.89. The van der Waals surface area contributed by atoms with Gasteiger partial charge in [0.25, 0.3) is 0 Å². The second kappa shape index (κ2) is 3.26. The van der Waals surface area contributed by atoms with E-state index in [4.69, 9.17) is 5.73 Å². The van der Waals surface area contributed by atoms with Crippen LogP contribution in [0.1, 0.15) is 19.3 Å². The zero-order valence-corrected chi connectivity index (χ0v) is 8.69. The highest BCUT2D eigenvalue weighted by Gasteiger charge is 2.20. The highest BCUT2D eigenvalue weighted by Crippen LogP contribution is 2.33. The van der Waals surface area contributed by atoms with Gasteiger partial charge in [-0.2, -0.15) is 0 Å². The topological polar surface area (TPSA) is 43.8 Å². The van der Waals surface area contributed by atoms with Crippen molar-refractivity contribution >= 4 is 16.7 Å². The second-order valence-corrected chi connectivity index (χ2v) is 4.42. The molecule has 1 fully saturated rings. The normalized spacial score (nSPS) is 16.0. The number of nitrogens with zero attached hydrogens (tertiary/aromatic N) is 2. The van der Waals surface area contributed by atoms with Gasteiger partial charge in [-0.05, 0) is 30.5 Å². The van der Waals surface area contributed by atoms with Crippen LogP contribution in [-0.4, -0.2) is 9.55 Å². The lowest BCUT2D eigenvalue weighted by molar-refractivity contribution is 0.608. The Kier molecular flexibility index (Phi) is 1.91. The van der Waals surface area contributed by atoms with Crippen LogP contribution in [0, 0.1) is 5.92 Å². The van der Waals surface area contributed by atoms with Gasteiger partial charge in [0.1, 0.15) is 0 Å². The van der Waals surface area contributed by atoms with Gasteiger partial charge in [0.2, 0.25) is 0 Å². The van der Waals surface area contributed by atoms with Crippen molar-refractivity contribution in [3.63, 3.8) is 0 Å². The molecule has 3 heteroatoms. The van der Waals surface area contributed by atoms with E-state index in [-0.39, 0.29) is 0 Å². The highest BCUT2D eigenvalue weighted by atomic mass is 15.0. The predicted molar refractivity (Wildman–Crippen MR) is 61.5 cm³/mol. The van der Waals surface area contributed by atoms with E-state index in [1.807, 2.05) is 18.5 Å². The van der Waals surface area contributed by atoms with Crippen molar-refractivity contribution in [3.05, 3.63) is 24.5 Å². The summed E-state index contributed by atoms with van der Waals surface area (Å²) in [6, 6.07) is 5.94. The maximum absolute atomic E-state index is 5.72. The van der Waals surface area contributed by atoms with E-state index in [1.165, 1.54) is 24.8 Å². The molecular formula is C12H15N3. The summed E-state index contributed by atoms with van der Waals surface area (Å²) in [6.07, 6.45) is 6.04. The minimum absolute atomic E-state index is 0.787. The number of anilines is 1. The molecule has 0 saturated heterocycles. The second-order valence-electron chi connectivity index (χ2n) is 4.42. The minimum Gasteiger partial charge on any atom is -0.399 e. The van der Waals surface area contributed by atoms with Gasteiger partial charge in [-0.15, -0.1) is 0 Å². The Morgan fingerprint density at radius 2 is 2.27 bits per heavy atom. The lowest BCUT2D eigenvalue weighted by Gasteiger charge is -2.02. The van der Waals surface area contributed by atoms with Gasteiger partial charge in [0, 0.05) is 12.2 Å². The van der Waals surface area contributed by atoms with E-state index in [0.717, 1.165) is 23.7 Å². The minimum atomic E-state index is 0.787. The summed E-state index contributed by atoms with van der Waals surface area (Å²) < 4.78 is 2.23. The monoisotopic (exact) mass is 201 g/mol. The van der Waals surface area contributed by atoms with Crippen LogP contribution < -0.4 is 5.73 Å². The number of fused-ring (bicyclic) bond motifs is 1. The van der Waals surface area contributed by atoms with Crippen LogP contribution in [-0.2, 0) is 6.54 Å². The van der Waals surface area contributed by atoms with Crippen molar-refractivity contribution < 1.29 is 0 Å². The molecule has 2 N–H and O–H groups in total. The average Bonchev–Trinajstić information content (AvgIpc) is 2.97. The van der Waals surface area contributed by atoms with Crippen LogP contribution in [0.3, 0.4) is 0 Å². The Hall–Kier alpha value is -1.51. The molecule has 1 heterocycles. The molecule has 0 spiro atoms. The first-order valence-electron chi connectivity index (χ1n) is 5.53. The molecule has 1 saturated carbocycles. The van der Waals surface area contributed by atoms with Crippen molar-refractivity contribution in [1.82, 2.24) is 9.55 Å². The molecule has 1 aliphatic carbocycles. The molecule has 15 heavy (non-hydrogen) atoms. The number of aromatic nitrogens is 2. The van der Waals surface area contributed by atoms with Crippen molar-refractivity contribution in [2.24, 2.45) is 5.92 Å². The SMILES string of the molecule is Nc1ccc2c(c1)ncn2CCC1CC1. The molecule has 0 amide bonds. The van der Waals surface area contributed by atoms with Gasteiger partial charge in [-0.3, -0.25) is 0 Å². The molecule has 0 radical (unpaired) electrons. The number of rotatable bonds is 3. The quantitative estimate of drug-likeness (QED) is 0.775. The Morgan fingerprint density at radius 3 is 3.07 bits per heavy atom. The standard InChI is InChI=1S/C12H15N3/c13-10-3-4-12-11(7-10)14-8-15(12)6-5-9-1-2-9/h3-4,7-9H,1-2,5-6,13H2. The van der Waals surface area contributed by atoms with Gasteiger partial charge in [0.05, 0.1) is 17.4 Å². The summed E-state index contributed by atoms with van der Waals surface area (Å²) in [4.78, 5) is 4.36. The van der Waals surface area contributed by atoms with Crippen molar-refractivity contribution in [1.29, 1.82) is 0 Å². The largest absolute Gasteiger partial charge is 0.399 e. The van der Waals surface area contributed by atoms with E-state index < -0.39 is 0 Å². The molecule has 0 atom stereocenters. The van der Waals surface area contributed by atoms with Crippen molar-refractivity contribution in [2.75, 3.05) is 5.73 Å². The smallest absolute Gasteiger partial charge is 0.0958 e. The Labute approximate surface area is 88.9 Å². The van der Waals surface area contributed by atoms with E-state index in [2.05, 4.69) is 15.6 Å². The fourth-order valence-electron chi connectivity index (χ4n) is 1.99. The van der Waals surface area contributed by atoms with Gasteiger partial charge in [-0.25, -0.2) is 4.98 Å². The van der Waals surface area contributed by atoms with E-state index >= 15 is 0 Å². The molecule has 0 unspecified atom stereocenters. The maximum Gasteiger partial charge on any atom is 0.0958 e. The zero-order valence-electron chi connectivity index (χ0n) is 8.69. The number of aryl methyl sites for hydroxylation is 1. The molecule has 2 aromatic rings. The third-order valence-corrected chi connectivity index (χ3v) is 3.12. The lowest BCUT2D eigenvalue weighted by Crippen LogP contribution is -1.96. The molecular weight excluding hydrogens is 186 g/mol. The predicted octanol–water partition coefficient (Wildman–Crippen LogP) is 2.42. The van der Waals surface area contributed by atoms with Gasteiger partial charge in [-0.1, -0.05) is 12.8 Å². The number of imidazole rings is 1. The summed E-state index contributed by atoms with van der Waals surface area (Å²) in [7, 11) is 0. The summed E-state index contributed by atoms with van der Waals surface area (Å²) >= 11 is 0. The fourth-order valence-corrected chi connectivity index (χ4v) is 1.99. The number of hydrogen-bond donors (Lipinski definition) is 1. The van der Waals surface area contributed by atoms with Crippen LogP contribution in [0.2, 0.25) is 0 Å². The number of hydrogen-bond acceptors (Lipinski definition) is 2. The maximum atomic E-state index is 5.72. The van der Waals surface area contributed by atoms with Gasteiger partial charge >= 0.3 is 0 Å². The molecule has 3 nitrogen and oxygen atoms in total. The van der Waals surface area contributed by atoms with E-state index in [1.54, 1.807) is 0 Å². The number of benzene rings is 1. The number of nitrogens with two attached hydrogens (primary N) is 1. The third kappa shape index (κ3) is 1.69. The summed E-state index contributed by atoms with van der Waals surface area (Å²) in [5.41, 5.74) is 8.71. The highest BCUT2D eigenvalue weighted by molar-refractivity contribution is 5.78. The summed E-state index contributed by atoms with van der Waals surface area (Å²) in [5.74, 6) is 0.969. The molecule has 1 aliphatic rings. The first kappa shape index (κ1) is 8.77. The lowest BCUT2D eigenvalue weighted by atomic mass is 10.2. The zero-order chi connectivity index (χ0) is 10.3. The molecule has 0 aliphatic heterocycles. The van der Waals surface area contributed by atoms with Crippen LogP contribution in [0.5, 0.6) is 0 Å². The molecule has 1 aromatic heterocycles. The van der Waals surface area contributed by atoms with Crippen molar-refractivity contribution in [3.8, 4) is 0 Å². The average molecular weight is 201 g/mol.